The molecule has 0 atom stereocenters. The van der Waals surface area contributed by atoms with Gasteiger partial charge in [0.1, 0.15) is 5.76 Å². The van der Waals surface area contributed by atoms with E-state index in [-0.39, 0.29) is 12.1 Å². The van der Waals surface area contributed by atoms with Gasteiger partial charge in [-0.05, 0) is 34.1 Å². The lowest BCUT2D eigenvalue weighted by molar-refractivity contribution is -0.139. The summed E-state index contributed by atoms with van der Waals surface area (Å²) in [6.07, 6.45) is 4.29. The molecule has 2 rings (SSSR count). The predicted octanol–water partition coefficient (Wildman–Crippen LogP) is 0.515. The highest BCUT2D eigenvalue weighted by Crippen LogP contribution is 2.08. The van der Waals surface area contributed by atoms with E-state index in [0.717, 1.165) is 0 Å². The number of nitrogens with one attached hydrogen (secondary N) is 3. The largest absolute Gasteiger partial charge is 0.467 e. The van der Waals surface area contributed by atoms with E-state index in [1.165, 1.54) is 24.7 Å². The van der Waals surface area contributed by atoms with E-state index >= 15 is 0 Å². The van der Waals surface area contributed by atoms with Gasteiger partial charge in [0, 0.05) is 16.9 Å². The van der Waals surface area contributed by atoms with Crippen molar-refractivity contribution in [3.63, 3.8) is 0 Å². The number of aromatic nitrogens is 1. The third kappa shape index (κ3) is 4.42. The third-order valence-electron chi connectivity index (χ3n) is 2.47. The molecule has 0 aliphatic rings. The molecule has 3 N–H and O–H groups in total. The van der Waals surface area contributed by atoms with Crippen molar-refractivity contribution >= 4 is 33.7 Å². The van der Waals surface area contributed by atoms with Crippen LogP contribution in [0.4, 0.5) is 0 Å². The van der Waals surface area contributed by atoms with Crippen LogP contribution in [-0.4, -0.2) is 22.7 Å². The van der Waals surface area contributed by atoms with E-state index in [1.807, 2.05) is 5.43 Å². The van der Waals surface area contributed by atoms with Gasteiger partial charge in [-0.3, -0.25) is 30.2 Å². The lowest BCUT2D eigenvalue weighted by Gasteiger charge is -2.07. The summed E-state index contributed by atoms with van der Waals surface area (Å²) >= 11 is 3.17. The summed E-state index contributed by atoms with van der Waals surface area (Å²) < 4.78 is 5.62. The molecule has 114 valence electrons. The first-order valence-electron chi connectivity index (χ1n) is 6.07. The van der Waals surface area contributed by atoms with E-state index in [0.29, 0.717) is 10.2 Å². The Hall–Kier alpha value is -2.68. The van der Waals surface area contributed by atoms with Gasteiger partial charge >= 0.3 is 11.8 Å². The number of furan rings is 1. The van der Waals surface area contributed by atoms with Crippen molar-refractivity contribution in [1.29, 1.82) is 0 Å². The van der Waals surface area contributed by atoms with Crippen molar-refractivity contribution in [3.8, 4) is 0 Å². The van der Waals surface area contributed by atoms with Gasteiger partial charge in [0.15, 0.2) is 0 Å². The quantitative estimate of drug-likeness (QED) is 0.541. The van der Waals surface area contributed by atoms with Crippen LogP contribution in [0.15, 0.2) is 45.7 Å². The van der Waals surface area contributed by atoms with Crippen LogP contribution in [0.25, 0.3) is 0 Å². The third-order valence-corrected chi connectivity index (χ3v) is 2.90. The van der Waals surface area contributed by atoms with Crippen LogP contribution in [-0.2, 0) is 16.1 Å². The summed E-state index contributed by atoms with van der Waals surface area (Å²) in [5, 5.41) is 2.34. The molecule has 0 radical (unpaired) electrons. The summed E-state index contributed by atoms with van der Waals surface area (Å²) in [6, 6.07) is 4.83. The lowest BCUT2D eigenvalue weighted by Crippen LogP contribution is -2.48. The number of carbonyl (C=O) groups excluding carboxylic acids is 3. The highest BCUT2D eigenvalue weighted by atomic mass is 79.9. The zero-order valence-electron chi connectivity index (χ0n) is 11.1. The first kappa shape index (κ1) is 15.7. The zero-order chi connectivity index (χ0) is 15.9. The molecule has 2 aromatic rings. The molecule has 9 heteroatoms. The topological polar surface area (TPSA) is 113 Å². The summed E-state index contributed by atoms with van der Waals surface area (Å²) in [5.74, 6) is -1.99. The number of hydrazine groups is 1. The number of rotatable bonds is 3. The molecule has 0 aromatic carbocycles. The first-order valence-corrected chi connectivity index (χ1v) is 6.87. The number of nitrogens with zero attached hydrogens (tertiary/aromatic N) is 1. The monoisotopic (exact) mass is 366 g/mol. The molecule has 0 bridgehead atoms. The van der Waals surface area contributed by atoms with Gasteiger partial charge in [-0.15, -0.1) is 0 Å². The Balaban J connectivity index is 1.79. The molecule has 0 unspecified atom stereocenters. The number of hydrogen-bond donors (Lipinski definition) is 3. The molecular weight excluding hydrogens is 356 g/mol. The first-order chi connectivity index (χ1) is 10.6. The molecule has 0 saturated heterocycles. The van der Waals surface area contributed by atoms with E-state index in [4.69, 9.17) is 4.42 Å². The standard InChI is InChI=1S/C13H11BrN4O4/c14-9-4-8(5-15-6-9)11(19)17-18-13(21)12(20)16-7-10-2-1-3-22-10/h1-6H,7H2,(H,16,20)(H,17,19)(H,18,21). The molecule has 0 aliphatic carbocycles. The summed E-state index contributed by atoms with van der Waals surface area (Å²) in [7, 11) is 0. The Bertz CT molecular complexity index is 687. The molecule has 0 saturated carbocycles. The Labute approximate surface area is 133 Å². The molecule has 0 spiro atoms. The average molecular weight is 367 g/mol. The molecule has 22 heavy (non-hydrogen) atoms. The van der Waals surface area contributed by atoms with Crippen LogP contribution in [0, 0.1) is 0 Å². The fourth-order valence-electron chi connectivity index (χ4n) is 1.44. The molecule has 2 aromatic heterocycles. The van der Waals surface area contributed by atoms with Crippen molar-refractivity contribution < 1.29 is 18.8 Å². The van der Waals surface area contributed by atoms with Crippen LogP contribution < -0.4 is 16.2 Å². The van der Waals surface area contributed by atoms with E-state index < -0.39 is 17.7 Å². The van der Waals surface area contributed by atoms with Gasteiger partial charge < -0.3 is 9.73 Å². The van der Waals surface area contributed by atoms with Crippen LogP contribution >= 0.6 is 15.9 Å². The van der Waals surface area contributed by atoms with Crippen LogP contribution in [0.3, 0.4) is 0 Å². The average Bonchev–Trinajstić information content (AvgIpc) is 3.03. The van der Waals surface area contributed by atoms with Gasteiger partial charge in [-0.25, -0.2) is 0 Å². The fourth-order valence-corrected chi connectivity index (χ4v) is 1.80. The number of amides is 3. The van der Waals surface area contributed by atoms with Crippen LogP contribution in [0.5, 0.6) is 0 Å². The van der Waals surface area contributed by atoms with Crippen molar-refractivity contribution in [2.45, 2.75) is 6.54 Å². The normalized spacial score (nSPS) is 9.86. The smallest absolute Gasteiger partial charge is 0.327 e. The Morgan fingerprint density at radius 3 is 2.68 bits per heavy atom. The Kier molecular flexibility index (Phi) is 5.26. The summed E-state index contributed by atoms with van der Waals surface area (Å²) in [4.78, 5) is 38.6. The molecule has 8 nitrogen and oxygen atoms in total. The van der Waals surface area contributed by atoms with Gasteiger partial charge in [-0.1, -0.05) is 0 Å². The van der Waals surface area contributed by atoms with Crippen LogP contribution in [0.2, 0.25) is 0 Å². The SMILES string of the molecule is O=C(NCc1ccco1)C(=O)NNC(=O)c1cncc(Br)c1. The highest BCUT2D eigenvalue weighted by molar-refractivity contribution is 9.10. The minimum absolute atomic E-state index is 0.0722. The van der Waals surface area contributed by atoms with E-state index in [9.17, 15) is 14.4 Å². The molecular formula is C13H11BrN4O4. The van der Waals surface area contributed by atoms with Crippen molar-refractivity contribution in [2.75, 3.05) is 0 Å². The zero-order valence-corrected chi connectivity index (χ0v) is 12.7. The second-order valence-corrected chi connectivity index (χ2v) is 4.98. The maximum absolute atomic E-state index is 11.7. The second kappa shape index (κ2) is 7.36. The lowest BCUT2D eigenvalue weighted by atomic mass is 10.3. The van der Waals surface area contributed by atoms with Crippen molar-refractivity contribution in [3.05, 3.63) is 52.7 Å². The Morgan fingerprint density at radius 1 is 1.18 bits per heavy atom. The minimum Gasteiger partial charge on any atom is -0.467 e. The molecule has 3 amide bonds. The molecule has 0 aliphatic heterocycles. The number of hydrogen-bond acceptors (Lipinski definition) is 5. The van der Waals surface area contributed by atoms with Crippen LogP contribution in [0.1, 0.15) is 16.1 Å². The molecule has 0 fully saturated rings. The van der Waals surface area contributed by atoms with Gasteiger partial charge in [-0.2, -0.15) is 0 Å². The summed E-state index contributed by atoms with van der Waals surface area (Å²) in [5.41, 5.74) is 4.35. The Morgan fingerprint density at radius 2 is 2.00 bits per heavy atom. The van der Waals surface area contributed by atoms with Gasteiger partial charge in [0.25, 0.3) is 5.91 Å². The number of carbonyl (C=O) groups is 3. The molecule has 2 heterocycles. The maximum Gasteiger partial charge on any atom is 0.327 e. The maximum atomic E-state index is 11.7. The van der Waals surface area contributed by atoms with Gasteiger partial charge in [0.05, 0.1) is 18.4 Å². The fraction of sp³-hybridized carbons (Fsp3) is 0.0769. The predicted molar refractivity (Wildman–Crippen MR) is 78.1 cm³/mol. The van der Waals surface area contributed by atoms with Crippen molar-refractivity contribution in [1.82, 2.24) is 21.2 Å². The van der Waals surface area contributed by atoms with Crippen molar-refractivity contribution in [2.24, 2.45) is 0 Å². The second-order valence-electron chi connectivity index (χ2n) is 4.06. The van der Waals surface area contributed by atoms with E-state index in [2.05, 4.69) is 31.7 Å². The van der Waals surface area contributed by atoms with Gasteiger partial charge in [0.2, 0.25) is 0 Å². The number of halogens is 1. The highest BCUT2D eigenvalue weighted by Gasteiger charge is 2.15. The minimum atomic E-state index is -0.997. The van der Waals surface area contributed by atoms with E-state index in [1.54, 1.807) is 12.1 Å². The number of pyridine rings is 1. The summed E-state index contributed by atoms with van der Waals surface area (Å²) in [6.45, 7) is 0.0722.